The van der Waals surface area contributed by atoms with Gasteiger partial charge in [0.2, 0.25) is 0 Å². The average Bonchev–Trinajstić information content (AvgIpc) is 2.37. The maximum absolute atomic E-state index is 9.21. The van der Waals surface area contributed by atoms with Crippen molar-refractivity contribution < 1.29 is 5.11 Å². The van der Waals surface area contributed by atoms with E-state index in [1.807, 2.05) is 12.1 Å². The van der Waals surface area contributed by atoms with Gasteiger partial charge >= 0.3 is 0 Å². The molecule has 0 atom stereocenters. The Morgan fingerprint density at radius 2 is 1.53 bits per heavy atom. The van der Waals surface area contributed by atoms with Crippen LogP contribution in [0.3, 0.4) is 0 Å². The molecule has 0 aliphatic heterocycles. The fourth-order valence-electron chi connectivity index (χ4n) is 1.76. The highest BCUT2D eigenvalue weighted by Crippen LogP contribution is 2.22. The van der Waals surface area contributed by atoms with Crippen molar-refractivity contribution >= 4 is 22.6 Å². The van der Waals surface area contributed by atoms with Gasteiger partial charge in [0.25, 0.3) is 0 Å². The normalized spacial score (nSPS) is 10.1. The van der Waals surface area contributed by atoms with Gasteiger partial charge in [-0.15, -0.1) is 0 Å². The van der Waals surface area contributed by atoms with E-state index in [0.717, 1.165) is 11.1 Å². The predicted molar refractivity (Wildman–Crippen MR) is 87.3 cm³/mol. The number of benzene rings is 2. The number of halogens is 1. The van der Waals surface area contributed by atoms with Crippen molar-refractivity contribution in [2.75, 3.05) is 0 Å². The van der Waals surface area contributed by atoms with Crippen LogP contribution in [-0.4, -0.2) is 5.11 Å². The second-order valence-electron chi connectivity index (χ2n) is 4.69. The van der Waals surface area contributed by atoms with E-state index < -0.39 is 0 Å². The fourth-order valence-corrected chi connectivity index (χ4v) is 2.90. The maximum atomic E-state index is 9.21. The molecule has 0 aliphatic rings. The molecule has 2 aromatic carbocycles. The zero-order valence-electron chi connectivity index (χ0n) is 10.9. The second kappa shape index (κ2) is 6.12. The standard InChI is InChI=1S/C17H15IO/c1-12(2)16-10-7-14(11-17(16)18)4-3-13-5-8-15(19)9-6-13/h5-12,19H,1-2H3. The van der Waals surface area contributed by atoms with Gasteiger partial charge in [0, 0.05) is 14.7 Å². The van der Waals surface area contributed by atoms with Crippen LogP contribution >= 0.6 is 22.6 Å². The topological polar surface area (TPSA) is 20.2 Å². The van der Waals surface area contributed by atoms with Crippen LogP contribution in [0.2, 0.25) is 0 Å². The molecule has 0 spiro atoms. The first kappa shape index (κ1) is 14.0. The average molecular weight is 362 g/mol. The molecule has 96 valence electrons. The molecule has 2 aromatic rings. The number of hydrogen-bond donors (Lipinski definition) is 1. The zero-order valence-corrected chi connectivity index (χ0v) is 13.1. The number of phenols is 1. The van der Waals surface area contributed by atoms with Crippen molar-refractivity contribution in [3.63, 3.8) is 0 Å². The first-order valence-electron chi connectivity index (χ1n) is 6.17. The number of hydrogen-bond acceptors (Lipinski definition) is 1. The second-order valence-corrected chi connectivity index (χ2v) is 5.85. The molecule has 0 heterocycles. The van der Waals surface area contributed by atoms with E-state index in [2.05, 4.69) is 66.5 Å². The molecule has 1 N–H and O–H groups in total. The van der Waals surface area contributed by atoms with Crippen molar-refractivity contribution in [2.24, 2.45) is 0 Å². The van der Waals surface area contributed by atoms with Crippen LogP contribution in [-0.2, 0) is 0 Å². The molecule has 0 saturated carbocycles. The molecule has 0 aliphatic carbocycles. The molecule has 0 radical (unpaired) electrons. The Labute approximate surface area is 127 Å². The Bertz CT molecular complexity index is 631. The summed E-state index contributed by atoms with van der Waals surface area (Å²) in [6, 6.07) is 13.2. The monoisotopic (exact) mass is 362 g/mol. The maximum Gasteiger partial charge on any atom is 0.115 e. The summed E-state index contributed by atoms with van der Waals surface area (Å²) < 4.78 is 1.25. The molecule has 0 unspecified atom stereocenters. The Morgan fingerprint density at radius 1 is 0.947 bits per heavy atom. The number of phenolic OH excluding ortho intramolecular Hbond substituents is 1. The lowest BCUT2D eigenvalue weighted by molar-refractivity contribution is 0.475. The van der Waals surface area contributed by atoms with Gasteiger partial charge in [0.05, 0.1) is 0 Å². The van der Waals surface area contributed by atoms with Crippen molar-refractivity contribution in [3.05, 3.63) is 62.7 Å². The van der Waals surface area contributed by atoms with Crippen LogP contribution in [0.25, 0.3) is 0 Å². The van der Waals surface area contributed by atoms with Crippen molar-refractivity contribution in [1.82, 2.24) is 0 Å². The summed E-state index contributed by atoms with van der Waals surface area (Å²) in [5.41, 5.74) is 3.28. The summed E-state index contributed by atoms with van der Waals surface area (Å²) in [6.07, 6.45) is 0. The summed E-state index contributed by atoms with van der Waals surface area (Å²) in [7, 11) is 0. The lowest BCUT2D eigenvalue weighted by Gasteiger charge is -2.07. The molecule has 1 nitrogen and oxygen atoms in total. The SMILES string of the molecule is CC(C)c1ccc(C#Cc2ccc(O)cc2)cc1I. The van der Waals surface area contributed by atoms with E-state index >= 15 is 0 Å². The van der Waals surface area contributed by atoms with Gasteiger partial charge in [-0.3, -0.25) is 0 Å². The van der Waals surface area contributed by atoms with Crippen LogP contribution in [0, 0.1) is 15.4 Å². The summed E-state index contributed by atoms with van der Waals surface area (Å²) in [5.74, 6) is 7.05. The van der Waals surface area contributed by atoms with E-state index in [0.29, 0.717) is 5.92 Å². The summed E-state index contributed by atoms with van der Waals surface area (Å²) >= 11 is 2.36. The third kappa shape index (κ3) is 3.74. The van der Waals surface area contributed by atoms with E-state index in [9.17, 15) is 5.11 Å². The van der Waals surface area contributed by atoms with Gasteiger partial charge in [0.15, 0.2) is 0 Å². The van der Waals surface area contributed by atoms with Crippen LogP contribution in [0.5, 0.6) is 5.75 Å². The Hall–Kier alpha value is -1.47. The Morgan fingerprint density at radius 3 is 2.11 bits per heavy atom. The van der Waals surface area contributed by atoms with Gasteiger partial charge in [-0.25, -0.2) is 0 Å². The van der Waals surface area contributed by atoms with Gasteiger partial charge in [-0.05, 0) is 70.5 Å². The zero-order chi connectivity index (χ0) is 13.8. The molecule has 2 rings (SSSR count). The highest BCUT2D eigenvalue weighted by Gasteiger charge is 2.04. The van der Waals surface area contributed by atoms with Crippen LogP contribution in [0.15, 0.2) is 42.5 Å². The van der Waals surface area contributed by atoms with E-state index in [-0.39, 0.29) is 5.75 Å². The largest absolute Gasteiger partial charge is 0.508 e. The van der Waals surface area contributed by atoms with Gasteiger partial charge < -0.3 is 5.11 Å². The minimum Gasteiger partial charge on any atom is -0.508 e. The predicted octanol–water partition coefficient (Wildman–Crippen LogP) is 4.52. The number of aromatic hydroxyl groups is 1. The van der Waals surface area contributed by atoms with Gasteiger partial charge in [0.1, 0.15) is 5.75 Å². The Balaban J connectivity index is 2.25. The lowest BCUT2D eigenvalue weighted by atomic mass is 10.0. The molecule has 2 heteroatoms. The van der Waals surface area contributed by atoms with E-state index in [1.165, 1.54) is 9.13 Å². The van der Waals surface area contributed by atoms with Crippen molar-refractivity contribution in [3.8, 4) is 17.6 Å². The van der Waals surface area contributed by atoms with E-state index in [1.54, 1.807) is 12.1 Å². The third-order valence-corrected chi connectivity index (χ3v) is 3.78. The highest BCUT2D eigenvalue weighted by molar-refractivity contribution is 14.1. The van der Waals surface area contributed by atoms with Gasteiger partial charge in [-0.1, -0.05) is 31.8 Å². The first-order chi connectivity index (χ1) is 9.06. The van der Waals surface area contributed by atoms with Crippen LogP contribution < -0.4 is 0 Å². The fraction of sp³-hybridized carbons (Fsp3) is 0.176. The quantitative estimate of drug-likeness (QED) is 0.584. The molecular formula is C17H15IO. The minimum absolute atomic E-state index is 0.265. The summed E-state index contributed by atoms with van der Waals surface area (Å²) in [5, 5.41) is 9.21. The number of rotatable bonds is 1. The molecule has 0 aromatic heterocycles. The third-order valence-electron chi connectivity index (χ3n) is 2.84. The Kier molecular flexibility index (Phi) is 4.49. The van der Waals surface area contributed by atoms with Crippen molar-refractivity contribution in [2.45, 2.75) is 19.8 Å². The molecule has 0 fully saturated rings. The highest BCUT2D eigenvalue weighted by atomic mass is 127. The molecule has 19 heavy (non-hydrogen) atoms. The molecule has 0 bridgehead atoms. The van der Waals surface area contributed by atoms with E-state index in [4.69, 9.17) is 0 Å². The molecule has 0 amide bonds. The molecular weight excluding hydrogens is 347 g/mol. The summed E-state index contributed by atoms with van der Waals surface area (Å²) in [6.45, 7) is 4.39. The first-order valence-corrected chi connectivity index (χ1v) is 7.24. The van der Waals surface area contributed by atoms with Crippen molar-refractivity contribution in [1.29, 1.82) is 0 Å². The summed E-state index contributed by atoms with van der Waals surface area (Å²) in [4.78, 5) is 0. The smallest absolute Gasteiger partial charge is 0.115 e. The van der Waals surface area contributed by atoms with Crippen LogP contribution in [0.1, 0.15) is 36.5 Å². The molecule has 0 saturated heterocycles. The lowest BCUT2D eigenvalue weighted by Crippen LogP contribution is -1.92. The van der Waals surface area contributed by atoms with Crippen LogP contribution in [0.4, 0.5) is 0 Å². The minimum atomic E-state index is 0.265. The van der Waals surface area contributed by atoms with Gasteiger partial charge in [-0.2, -0.15) is 0 Å².